The van der Waals surface area contributed by atoms with E-state index in [1.807, 2.05) is 30.3 Å². The summed E-state index contributed by atoms with van der Waals surface area (Å²) >= 11 is 0. The molecule has 0 bridgehead atoms. The first-order valence-electron chi connectivity index (χ1n) is 11.1. The fourth-order valence-corrected chi connectivity index (χ4v) is 3.23. The second-order valence-electron chi connectivity index (χ2n) is 7.53. The predicted molar refractivity (Wildman–Crippen MR) is 122 cm³/mol. The minimum atomic E-state index is -1.04. The van der Waals surface area contributed by atoms with Crippen LogP contribution < -0.4 is 14.8 Å². The first kappa shape index (κ1) is 25.2. The van der Waals surface area contributed by atoms with Gasteiger partial charge in [-0.1, -0.05) is 62.9 Å². The monoisotopic (exact) mass is 443 g/mol. The number of carbonyl (C=O) groups excluding carboxylic acids is 1. The second kappa shape index (κ2) is 14.1. The molecule has 0 aliphatic heterocycles. The van der Waals surface area contributed by atoms with Crippen LogP contribution in [0.25, 0.3) is 0 Å². The van der Waals surface area contributed by atoms with Gasteiger partial charge in [-0.05, 0) is 30.2 Å². The van der Waals surface area contributed by atoms with Gasteiger partial charge in [0.2, 0.25) is 0 Å². The predicted octanol–water partition coefficient (Wildman–Crippen LogP) is 3.83. The van der Waals surface area contributed by atoms with E-state index in [2.05, 4.69) is 12.2 Å². The molecule has 0 fully saturated rings. The number of amides is 1. The van der Waals surface area contributed by atoms with Crippen LogP contribution >= 0.6 is 0 Å². The van der Waals surface area contributed by atoms with Gasteiger partial charge in [-0.25, -0.2) is 4.79 Å². The Morgan fingerprint density at radius 1 is 0.969 bits per heavy atom. The van der Waals surface area contributed by atoms with Crippen molar-refractivity contribution < 1.29 is 29.3 Å². The number of aliphatic hydroxyl groups is 1. The van der Waals surface area contributed by atoms with Crippen LogP contribution in [0.15, 0.2) is 48.5 Å². The molecule has 0 spiro atoms. The van der Waals surface area contributed by atoms with Gasteiger partial charge in [0.1, 0.15) is 12.6 Å². The lowest BCUT2D eigenvalue weighted by atomic mass is 10.1. The molecule has 3 N–H and O–H groups in total. The minimum absolute atomic E-state index is 0.0967. The molecule has 1 unspecified atom stereocenters. The van der Waals surface area contributed by atoms with Crippen molar-refractivity contribution >= 4 is 11.9 Å². The molecule has 0 heterocycles. The first-order chi connectivity index (χ1) is 15.5. The average Bonchev–Trinajstić information content (AvgIpc) is 2.80. The van der Waals surface area contributed by atoms with Crippen LogP contribution in [0, 0.1) is 0 Å². The molecule has 1 atom stereocenters. The van der Waals surface area contributed by atoms with E-state index in [0.29, 0.717) is 30.9 Å². The van der Waals surface area contributed by atoms with Crippen molar-refractivity contribution in [3.8, 4) is 11.5 Å². The van der Waals surface area contributed by atoms with Crippen LogP contribution in [0.3, 0.4) is 0 Å². The number of aliphatic hydroxyl groups excluding tert-OH is 1. The second-order valence-corrected chi connectivity index (χ2v) is 7.53. The summed E-state index contributed by atoms with van der Waals surface area (Å²) in [5.41, 5.74) is 1.41. The molecule has 2 aromatic carbocycles. The zero-order chi connectivity index (χ0) is 23.2. The number of unbranched alkanes of at least 4 members (excludes halogenated alkanes) is 3. The zero-order valence-corrected chi connectivity index (χ0v) is 18.6. The summed E-state index contributed by atoms with van der Waals surface area (Å²) in [6.45, 7) is 2.41. The molecule has 0 aliphatic rings. The molecule has 7 nitrogen and oxygen atoms in total. The Kier molecular flexibility index (Phi) is 11.1. The van der Waals surface area contributed by atoms with Gasteiger partial charge >= 0.3 is 5.97 Å². The Hall–Kier alpha value is -3.06. The topological polar surface area (TPSA) is 105 Å². The third-order valence-corrected chi connectivity index (χ3v) is 5.00. The van der Waals surface area contributed by atoms with Crippen LogP contribution in [0.5, 0.6) is 11.5 Å². The molecule has 0 aliphatic carbocycles. The largest absolute Gasteiger partial charge is 0.489 e. The van der Waals surface area contributed by atoms with Crippen LogP contribution in [0.1, 0.15) is 54.9 Å². The van der Waals surface area contributed by atoms with Crippen molar-refractivity contribution in [3.63, 3.8) is 0 Å². The van der Waals surface area contributed by atoms with Gasteiger partial charge in [-0.2, -0.15) is 0 Å². The number of benzene rings is 2. The maximum Gasteiger partial charge on any atom is 0.326 e. The van der Waals surface area contributed by atoms with Crippen LogP contribution in [-0.2, 0) is 11.2 Å². The normalized spacial score (nSPS) is 11.6. The third-order valence-electron chi connectivity index (χ3n) is 5.00. The number of hydrogen-bond acceptors (Lipinski definition) is 5. The number of carboxylic acid groups (broad SMARTS) is 1. The third kappa shape index (κ3) is 8.59. The van der Waals surface area contributed by atoms with Crippen molar-refractivity contribution in [1.82, 2.24) is 5.32 Å². The standard InChI is InChI=1S/C25H33NO6/c1-2-3-4-8-11-21(25(29)30)26-24(28)20-12-13-22(32-17-15-27)23(18-20)31-16-14-19-9-6-5-7-10-19/h5-7,9-10,12-13,18,21,27H,2-4,8,11,14-17H2,1H3,(H,26,28)(H,29,30). The molecule has 0 saturated carbocycles. The molecule has 32 heavy (non-hydrogen) atoms. The SMILES string of the molecule is CCCCCCC(NC(=O)c1ccc(OCCO)c(OCCc2ccccc2)c1)C(=O)O. The quantitative estimate of drug-likeness (QED) is 0.361. The van der Waals surface area contributed by atoms with Crippen LogP contribution in [0.4, 0.5) is 0 Å². The van der Waals surface area contributed by atoms with E-state index in [1.54, 1.807) is 18.2 Å². The first-order valence-corrected chi connectivity index (χ1v) is 11.1. The lowest BCUT2D eigenvalue weighted by Crippen LogP contribution is -2.40. The summed E-state index contributed by atoms with van der Waals surface area (Å²) in [6.07, 6.45) is 4.84. The summed E-state index contributed by atoms with van der Waals surface area (Å²) in [5.74, 6) is -0.735. The van der Waals surface area contributed by atoms with Crippen LogP contribution in [0.2, 0.25) is 0 Å². The number of nitrogens with one attached hydrogen (secondary N) is 1. The molecule has 0 saturated heterocycles. The Labute approximate surface area is 189 Å². The van der Waals surface area contributed by atoms with Gasteiger partial charge in [-0.3, -0.25) is 4.79 Å². The summed E-state index contributed by atoms with van der Waals surface area (Å²) in [6, 6.07) is 13.6. The Morgan fingerprint density at radius 2 is 1.72 bits per heavy atom. The molecular formula is C25H33NO6. The smallest absolute Gasteiger partial charge is 0.326 e. The number of carbonyl (C=O) groups is 2. The minimum Gasteiger partial charge on any atom is -0.489 e. The highest BCUT2D eigenvalue weighted by molar-refractivity contribution is 5.97. The summed E-state index contributed by atoms with van der Waals surface area (Å²) in [4.78, 5) is 24.3. The lowest BCUT2D eigenvalue weighted by molar-refractivity contribution is -0.139. The maximum absolute atomic E-state index is 12.7. The van der Waals surface area contributed by atoms with Gasteiger partial charge in [0, 0.05) is 12.0 Å². The van der Waals surface area contributed by atoms with E-state index >= 15 is 0 Å². The molecule has 2 aromatic rings. The zero-order valence-electron chi connectivity index (χ0n) is 18.6. The number of rotatable bonds is 15. The maximum atomic E-state index is 12.7. The summed E-state index contributed by atoms with van der Waals surface area (Å²) in [7, 11) is 0. The number of carboxylic acids is 1. The Bertz CT molecular complexity index is 840. The van der Waals surface area contributed by atoms with Gasteiger partial charge in [0.25, 0.3) is 5.91 Å². The molecule has 174 valence electrons. The van der Waals surface area contributed by atoms with Crippen LogP contribution in [-0.4, -0.2) is 48.0 Å². The highest BCUT2D eigenvalue weighted by atomic mass is 16.5. The molecule has 1 amide bonds. The lowest BCUT2D eigenvalue weighted by Gasteiger charge is -2.16. The van der Waals surface area contributed by atoms with Gasteiger partial charge in [0.05, 0.1) is 13.2 Å². The molecule has 0 radical (unpaired) electrons. The Balaban J connectivity index is 2.06. The van der Waals surface area contributed by atoms with E-state index in [1.165, 1.54) is 0 Å². The fourth-order valence-electron chi connectivity index (χ4n) is 3.23. The highest BCUT2D eigenvalue weighted by Crippen LogP contribution is 2.29. The molecule has 7 heteroatoms. The number of hydrogen-bond donors (Lipinski definition) is 3. The van der Waals surface area contributed by atoms with Gasteiger partial charge in [-0.15, -0.1) is 0 Å². The molecule has 2 rings (SSSR count). The summed E-state index contributed by atoms with van der Waals surface area (Å²) < 4.78 is 11.4. The van der Waals surface area contributed by atoms with Gasteiger partial charge in [0.15, 0.2) is 11.5 Å². The van der Waals surface area contributed by atoms with E-state index in [9.17, 15) is 14.7 Å². The van der Waals surface area contributed by atoms with E-state index in [0.717, 1.165) is 31.2 Å². The fraction of sp³-hybridized carbons (Fsp3) is 0.440. The van der Waals surface area contributed by atoms with Gasteiger partial charge < -0.3 is 25.0 Å². The molecular weight excluding hydrogens is 410 g/mol. The van der Waals surface area contributed by atoms with E-state index in [-0.39, 0.29) is 18.8 Å². The van der Waals surface area contributed by atoms with Crippen molar-refractivity contribution in [2.75, 3.05) is 19.8 Å². The average molecular weight is 444 g/mol. The number of ether oxygens (including phenoxy) is 2. The number of aliphatic carboxylic acids is 1. The van der Waals surface area contributed by atoms with Crippen molar-refractivity contribution in [2.45, 2.75) is 51.5 Å². The van der Waals surface area contributed by atoms with Crippen molar-refractivity contribution in [2.24, 2.45) is 0 Å². The molecule has 0 aromatic heterocycles. The Morgan fingerprint density at radius 3 is 2.41 bits per heavy atom. The van der Waals surface area contributed by atoms with Crippen molar-refractivity contribution in [3.05, 3.63) is 59.7 Å². The van der Waals surface area contributed by atoms with E-state index < -0.39 is 17.9 Å². The van der Waals surface area contributed by atoms with Crippen molar-refractivity contribution in [1.29, 1.82) is 0 Å². The summed E-state index contributed by atoms with van der Waals surface area (Å²) in [5, 5.41) is 21.1. The van der Waals surface area contributed by atoms with E-state index in [4.69, 9.17) is 14.6 Å². The highest BCUT2D eigenvalue weighted by Gasteiger charge is 2.21.